The van der Waals surface area contributed by atoms with Gasteiger partial charge in [0, 0.05) is 26.8 Å². The largest absolute Gasteiger partial charge is 0.481 e. The number of amides is 1. The molecule has 1 aliphatic rings. The van der Waals surface area contributed by atoms with Crippen molar-refractivity contribution in [1.82, 2.24) is 19.3 Å². The molecule has 0 unspecified atom stereocenters. The fraction of sp³-hybridized carbons (Fsp3) is 0.389. The number of aryl methyl sites for hydroxylation is 2. The molecule has 1 fully saturated rings. The highest BCUT2D eigenvalue weighted by molar-refractivity contribution is 5.96. The Balaban J connectivity index is 0.00000210. The van der Waals surface area contributed by atoms with Crippen LogP contribution in [-0.4, -0.2) is 39.5 Å². The predicted octanol–water partition coefficient (Wildman–Crippen LogP) is 2.59. The number of carbonyl (C=O) groups excluding carboxylic acids is 1. The van der Waals surface area contributed by atoms with Crippen molar-refractivity contribution in [3.05, 3.63) is 18.3 Å². The van der Waals surface area contributed by atoms with Gasteiger partial charge in [-0.2, -0.15) is 0 Å². The summed E-state index contributed by atoms with van der Waals surface area (Å²) in [5.74, 6) is 1.86. The lowest BCUT2D eigenvalue weighted by molar-refractivity contribution is -0.117. The Morgan fingerprint density at radius 1 is 1.27 bits per heavy atom. The maximum atomic E-state index is 12.0. The number of fused-ring (bicyclic) bond motifs is 1. The first-order valence-corrected chi connectivity index (χ1v) is 8.45. The van der Waals surface area contributed by atoms with E-state index in [1.165, 1.54) is 0 Å². The highest BCUT2D eigenvalue weighted by Crippen LogP contribution is 2.40. The summed E-state index contributed by atoms with van der Waals surface area (Å²) in [6, 6.07) is 3.90. The molecule has 138 valence electrons. The topological polar surface area (TPSA) is 83.2 Å². The van der Waals surface area contributed by atoms with Crippen molar-refractivity contribution in [3.63, 3.8) is 0 Å². The van der Waals surface area contributed by atoms with Gasteiger partial charge < -0.3 is 19.4 Å². The third-order valence-electron chi connectivity index (χ3n) is 4.73. The summed E-state index contributed by atoms with van der Waals surface area (Å²) in [6.45, 7) is 0. The minimum absolute atomic E-state index is 0. The summed E-state index contributed by atoms with van der Waals surface area (Å²) < 4.78 is 14.6. The third kappa shape index (κ3) is 2.58. The summed E-state index contributed by atoms with van der Waals surface area (Å²) >= 11 is 0. The molecule has 0 spiro atoms. The van der Waals surface area contributed by atoms with E-state index >= 15 is 0 Å². The SMILES string of the molecule is COc1nn(C)c(OC)c1-c1cc2cc(NC(=O)C3CC3)ncc2n1C.[HH]. The van der Waals surface area contributed by atoms with E-state index in [0.717, 1.165) is 35.0 Å². The third-order valence-corrected chi connectivity index (χ3v) is 4.73. The van der Waals surface area contributed by atoms with E-state index in [0.29, 0.717) is 17.6 Å². The monoisotopic (exact) mass is 357 g/mol. The molecule has 1 aliphatic carbocycles. The van der Waals surface area contributed by atoms with Gasteiger partial charge >= 0.3 is 0 Å². The van der Waals surface area contributed by atoms with Crippen molar-refractivity contribution in [1.29, 1.82) is 0 Å². The van der Waals surface area contributed by atoms with Gasteiger partial charge in [0.15, 0.2) is 0 Å². The number of pyridine rings is 1. The average Bonchev–Trinajstić information content (AvgIpc) is 3.37. The average molecular weight is 357 g/mol. The molecule has 0 atom stereocenters. The second-order valence-corrected chi connectivity index (χ2v) is 6.50. The summed E-state index contributed by atoms with van der Waals surface area (Å²) in [4.78, 5) is 16.4. The molecule has 0 bridgehead atoms. The lowest BCUT2D eigenvalue weighted by Crippen LogP contribution is -2.14. The van der Waals surface area contributed by atoms with Gasteiger partial charge in [0.05, 0.1) is 31.6 Å². The zero-order chi connectivity index (χ0) is 18.4. The fourth-order valence-electron chi connectivity index (χ4n) is 3.20. The number of anilines is 1. The number of aromatic nitrogens is 4. The van der Waals surface area contributed by atoms with Gasteiger partial charge in [0.1, 0.15) is 11.4 Å². The number of nitrogens with one attached hydrogen (secondary N) is 1. The molecule has 26 heavy (non-hydrogen) atoms. The molecular weight excluding hydrogens is 334 g/mol. The summed E-state index contributed by atoms with van der Waals surface area (Å²) in [5.41, 5.74) is 2.62. The Hall–Kier alpha value is -3.03. The number of ether oxygens (including phenoxy) is 2. The first-order valence-electron chi connectivity index (χ1n) is 8.45. The van der Waals surface area contributed by atoms with E-state index in [2.05, 4.69) is 15.4 Å². The van der Waals surface area contributed by atoms with Crippen molar-refractivity contribution >= 4 is 22.6 Å². The van der Waals surface area contributed by atoms with E-state index in [9.17, 15) is 4.79 Å². The Labute approximate surface area is 152 Å². The number of methoxy groups -OCH3 is 2. The molecule has 3 aromatic rings. The molecule has 1 saturated carbocycles. The molecule has 1 amide bonds. The number of hydrogen-bond donors (Lipinski definition) is 1. The van der Waals surface area contributed by atoms with Crippen LogP contribution in [0.2, 0.25) is 0 Å². The lowest BCUT2D eigenvalue weighted by atomic mass is 10.2. The van der Waals surface area contributed by atoms with E-state index in [-0.39, 0.29) is 13.3 Å². The van der Waals surface area contributed by atoms with Gasteiger partial charge in [0.2, 0.25) is 17.7 Å². The Morgan fingerprint density at radius 3 is 2.69 bits per heavy atom. The fourth-order valence-corrected chi connectivity index (χ4v) is 3.20. The molecule has 4 rings (SSSR count). The van der Waals surface area contributed by atoms with Crippen LogP contribution >= 0.6 is 0 Å². The number of nitrogens with zero attached hydrogens (tertiary/aromatic N) is 4. The van der Waals surface area contributed by atoms with Crippen molar-refractivity contribution < 1.29 is 15.7 Å². The van der Waals surface area contributed by atoms with Crippen LogP contribution in [0.1, 0.15) is 14.3 Å². The molecule has 0 radical (unpaired) electrons. The maximum Gasteiger partial charge on any atom is 0.246 e. The van der Waals surface area contributed by atoms with E-state index in [4.69, 9.17) is 9.47 Å². The molecule has 3 aromatic heterocycles. The van der Waals surface area contributed by atoms with Crippen molar-refractivity contribution in [3.8, 4) is 23.0 Å². The minimum atomic E-state index is 0. The quantitative estimate of drug-likeness (QED) is 0.759. The molecular formula is C18H23N5O3. The highest BCUT2D eigenvalue weighted by atomic mass is 16.5. The predicted molar refractivity (Wildman–Crippen MR) is 99.5 cm³/mol. The standard InChI is InChI=1S/C18H21N5O3.H2/c1-22-12(15-17(25-3)21-23(2)18(15)26-4)7-11-8-14(19-9-13(11)22)20-16(24)10-5-6-10;/h7-10H,5-6H2,1-4H3,(H,19,20,24);1H. The van der Waals surface area contributed by atoms with Crippen molar-refractivity contribution in [2.24, 2.45) is 20.0 Å². The van der Waals surface area contributed by atoms with Crippen molar-refractivity contribution in [2.45, 2.75) is 12.8 Å². The van der Waals surface area contributed by atoms with Gasteiger partial charge in [-0.3, -0.25) is 4.79 Å². The molecule has 8 heteroatoms. The van der Waals surface area contributed by atoms with Crippen LogP contribution in [0.3, 0.4) is 0 Å². The Bertz CT molecular complexity index is 1010. The van der Waals surface area contributed by atoms with Gasteiger partial charge in [-0.25, -0.2) is 9.67 Å². The van der Waals surface area contributed by atoms with Gasteiger partial charge in [-0.05, 0) is 25.0 Å². The number of rotatable bonds is 5. The van der Waals surface area contributed by atoms with E-state index < -0.39 is 0 Å². The van der Waals surface area contributed by atoms with Crippen LogP contribution in [0.15, 0.2) is 18.3 Å². The van der Waals surface area contributed by atoms with Gasteiger partial charge in [0.25, 0.3) is 0 Å². The lowest BCUT2D eigenvalue weighted by Gasteiger charge is -2.07. The van der Waals surface area contributed by atoms with Crippen LogP contribution in [0, 0.1) is 5.92 Å². The van der Waals surface area contributed by atoms with Crippen LogP contribution < -0.4 is 14.8 Å². The van der Waals surface area contributed by atoms with Gasteiger partial charge in [-0.1, -0.05) is 0 Å². The summed E-state index contributed by atoms with van der Waals surface area (Å²) in [7, 11) is 6.95. The van der Waals surface area contributed by atoms with E-state index in [1.54, 1.807) is 32.1 Å². The first kappa shape index (κ1) is 16.4. The van der Waals surface area contributed by atoms with E-state index in [1.807, 2.05) is 23.7 Å². The molecule has 0 aromatic carbocycles. The Kier molecular flexibility index (Phi) is 3.82. The zero-order valence-electron chi connectivity index (χ0n) is 15.2. The minimum Gasteiger partial charge on any atom is -0.481 e. The zero-order valence-corrected chi connectivity index (χ0v) is 15.2. The summed E-state index contributed by atoms with van der Waals surface area (Å²) in [5, 5.41) is 8.21. The van der Waals surface area contributed by atoms with Crippen LogP contribution in [0.5, 0.6) is 11.8 Å². The first-order chi connectivity index (χ1) is 12.5. The second-order valence-electron chi connectivity index (χ2n) is 6.50. The highest BCUT2D eigenvalue weighted by Gasteiger charge is 2.30. The molecule has 0 aliphatic heterocycles. The molecule has 3 heterocycles. The maximum absolute atomic E-state index is 12.0. The molecule has 1 N–H and O–H groups in total. The van der Waals surface area contributed by atoms with Gasteiger partial charge in [-0.15, -0.1) is 5.10 Å². The second kappa shape index (κ2) is 6.05. The van der Waals surface area contributed by atoms with Crippen LogP contribution in [0.25, 0.3) is 22.2 Å². The molecule has 8 nitrogen and oxygen atoms in total. The smallest absolute Gasteiger partial charge is 0.246 e. The number of hydrogen-bond acceptors (Lipinski definition) is 5. The van der Waals surface area contributed by atoms with Crippen molar-refractivity contribution in [2.75, 3.05) is 19.5 Å². The molecule has 0 saturated heterocycles. The summed E-state index contributed by atoms with van der Waals surface area (Å²) in [6.07, 6.45) is 3.69. The normalized spacial score (nSPS) is 13.8. The Morgan fingerprint density at radius 2 is 2.04 bits per heavy atom. The van der Waals surface area contributed by atoms with Crippen LogP contribution in [0.4, 0.5) is 5.82 Å². The van der Waals surface area contributed by atoms with Crippen LogP contribution in [-0.2, 0) is 18.9 Å². The number of carbonyl (C=O) groups is 1.